The van der Waals surface area contributed by atoms with Gasteiger partial charge >= 0.3 is 0 Å². The summed E-state index contributed by atoms with van der Waals surface area (Å²) in [6.07, 6.45) is 2.18. The van der Waals surface area contributed by atoms with Crippen molar-refractivity contribution in [2.24, 2.45) is 0 Å². The van der Waals surface area contributed by atoms with Crippen molar-refractivity contribution in [3.63, 3.8) is 0 Å². The number of carbonyl (C=O) groups is 1. The van der Waals surface area contributed by atoms with E-state index in [1.165, 1.54) is 11.8 Å². The lowest BCUT2D eigenvalue weighted by molar-refractivity contribution is -0.129. The highest BCUT2D eigenvalue weighted by molar-refractivity contribution is 7.99. The van der Waals surface area contributed by atoms with Gasteiger partial charge in [-0.05, 0) is 42.7 Å². The fourth-order valence-electron chi connectivity index (χ4n) is 2.84. The van der Waals surface area contributed by atoms with E-state index in [9.17, 15) is 4.79 Å². The molecule has 3 aromatic rings. The molecule has 1 heterocycles. The Labute approximate surface area is 167 Å². The number of benzene rings is 2. The number of carbonyl (C=O) groups excluding carboxylic acids is 1. The van der Waals surface area contributed by atoms with Gasteiger partial charge in [0.2, 0.25) is 11.1 Å². The molecular formula is C20H19ClN4OS. The number of hydrogen-bond acceptors (Lipinski definition) is 4. The van der Waals surface area contributed by atoms with Crippen molar-refractivity contribution in [1.82, 2.24) is 20.1 Å². The molecule has 0 radical (unpaired) electrons. The summed E-state index contributed by atoms with van der Waals surface area (Å²) < 4.78 is 0. The summed E-state index contributed by atoms with van der Waals surface area (Å²) in [7, 11) is 0. The van der Waals surface area contributed by atoms with Crippen molar-refractivity contribution in [3.05, 3.63) is 65.2 Å². The van der Waals surface area contributed by atoms with Crippen LogP contribution in [0.25, 0.3) is 11.4 Å². The molecule has 4 rings (SSSR count). The Balaban J connectivity index is 1.37. The zero-order chi connectivity index (χ0) is 18.6. The first-order chi connectivity index (χ1) is 13.2. The van der Waals surface area contributed by atoms with Crippen LogP contribution in [0.2, 0.25) is 5.02 Å². The van der Waals surface area contributed by atoms with Gasteiger partial charge in [0.25, 0.3) is 0 Å². The van der Waals surface area contributed by atoms with Gasteiger partial charge in [-0.3, -0.25) is 9.89 Å². The molecule has 138 valence electrons. The van der Waals surface area contributed by atoms with Crippen LogP contribution in [-0.2, 0) is 11.3 Å². The molecule has 1 aliphatic rings. The smallest absolute Gasteiger partial charge is 0.233 e. The van der Waals surface area contributed by atoms with Gasteiger partial charge in [-0.15, -0.1) is 5.10 Å². The van der Waals surface area contributed by atoms with Crippen molar-refractivity contribution < 1.29 is 4.79 Å². The minimum atomic E-state index is 0.129. The Morgan fingerprint density at radius 1 is 1.15 bits per heavy atom. The fourth-order valence-corrected chi connectivity index (χ4v) is 3.65. The van der Waals surface area contributed by atoms with Crippen LogP contribution in [0, 0.1) is 0 Å². The van der Waals surface area contributed by atoms with Crippen LogP contribution in [0.4, 0.5) is 0 Å². The summed E-state index contributed by atoms with van der Waals surface area (Å²) in [5.74, 6) is 1.13. The molecule has 1 saturated carbocycles. The Morgan fingerprint density at radius 3 is 2.59 bits per heavy atom. The van der Waals surface area contributed by atoms with Crippen LogP contribution in [0.5, 0.6) is 0 Å². The molecule has 0 atom stereocenters. The molecule has 5 nitrogen and oxygen atoms in total. The summed E-state index contributed by atoms with van der Waals surface area (Å²) in [6.45, 7) is 0.662. The van der Waals surface area contributed by atoms with Crippen molar-refractivity contribution in [2.45, 2.75) is 30.6 Å². The molecule has 0 bridgehead atoms. The van der Waals surface area contributed by atoms with E-state index in [0.717, 1.165) is 24.0 Å². The number of halogens is 1. The summed E-state index contributed by atoms with van der Waals surface area (Å²) in [4.78, 5) is 19.2. The number of nitrogens with zero attached hydrogens (tertiary/aromatic N) is 3. The molecule has 1 aromatic heterocycles. The summed E-state index contributed by atoms with van der Waals surface area (Å²) in [5.41, 5.74) is 2.07. The van der Waals surface area contributed by atoms with Crippen molar-refractivity contribution in [3.8, 4) is 11.4 Å². The number of amides is 1. The first-order valence-corrected chi connectivity index (χ1v) is 10.2. The van der Waals surface area contributed by atoms with Gasteiger partial charge in [0, 0.05) is 23.2 Å². The molecule has 1 N–H and O–H groups in total. The SMILES string of the molecule is O=C(CSc1n[nH]c(-c2ccc(Cl)cc2)n1)N(Cc1ccccc1)C1CC1. The van der Waals surface area contributed by atoms with Crippen LogP contribution in [0.1, 0.15) is 18.4 Å². The molecule has 27 heavy (non-hydrogen) atoms. The molecule has 1 aliphatic carbocycles. The number of aromatic nitrogens is 3. The number of H-pyrrole nitrogens is 1. The van der Waals surface area contributed by atoms with Gasteiger partial charge in [0.15, 0.2) is 5.82 Å². The fraction of sp³-hybridized carbons (Fsp3) is 0.250. The average molecular weight is 399 g/mol. The lowest BCUT2D eigenvalue weighted by Crippen LogP contribution is -2.33. The predicted octanol–water partition coefficient (Wildman–Crippen LogP) is 4.41. The number of thioether (sulfide) groups is 1. The van der Waals surface area contributed by atoms with E-state index in [4.69, 9.17) is 11.6 Å². The van der Waals surface area contributed by atoms with Gasteiger partial charge in [-0.1, -0.05) is 53.7 Å². The van der Waals surface area contributed by atoms with Gasteiger partial charge < -0.3 is 4.90 Å². The van der Waals surface area contributed by atoms with E-state index < -0.39 is 0 Å². The van der Waals surface area contributed by atoms with E-state index in [1.807, 2.05) is 47.4 Å². The van der Waals surface area contributed by atoms with Gasteiger partial charge in [0.1, 0.15) is 0 Å². The summed E-state index contributed by atoms with van der Waals surface area (Å²) in [6, 6.07) is 17.9. The largest absolute Gasteiger partial charge is 0.335 e. The molecule has 0 unspecified atom stereocenters. The molecule has 0 spiro atoms. The van der Waals surface area contributed by atoms with Crippen molar-refractivity contribution in [1.29, 1.82) is 0 Å². The second-order valence-corrected chi connectivity index (χ2v) is 7.88. The third kappa shape index (κ3) is 4.70. The summed E-state index contributed by atoms with van der Waals surface area (Å²) >= 11 is 7.28. The van der Waals surface area contributed by atoms with Crippen LogP contribution >= 0.6 is 23.4 Å². The Morgan fingerprint density at radius 2 is 1.89 bits per heavy atom. The number of rotatable bonds is 7. The third-order valence-corrected chi connectivity index (χ3v) is 5.50. The monoisotopic (exact) mass is 398 g/mol. The Bertz CT molecular complexity index is 909. The molecule has 0 saturated heterocycles. The molecule has 0 aliphatic heterocycles. The van der Waals surface area contributed by atoms with Crippen LogP contribution < -0.4 is 0 Å². The second-order valence-electron chi connectivity index (χ2n) is 6.50. The molecule has 1 fully saturated rings. The summed E-state index contributed by atoms with van der Waals surface area (Å²) in [5, 5.41) is 8.38. The van der Waals surface area contributed by atoms with Crippen molar-refractivity contribution in [2.75, 3.05) is 5.75 Å². The average Bonchev–Trinajstić information content (AvgIpc) is 3.43. The van der Waals surface area contributed by atoms with Crippen LogP contribution in [0.3, 0.4) is 0 Å². The van der Waals surface area contributed by atoms with Crippen LogP contribution in [0.15, 0.2) is 59.8 Å². The molecule has 2 aromatic carbocycles. The second kappa shape index (κ2) is 8.15. The van der Waals surface area contributed by atoms with E-state index in [1.54, 1.807) is 0 Å². The minimum absolute atomic E-state index is 0.129. The zero-order valence-corrected chi connectivity index (χ0v) is 16.2. The lowest BCUT2D eigenvalue weighted by Gasteiger charge is -2.22. The normalized spacial score (nSPS) is 13.5. The highest BCUT2D eigenvalue weighted by atomic mass is 35.5. The maximum absolute atomic E-state index is 12.7. The van der Waals surface area contributed by atoms with E-state index >= 15 is 0 Å². The molecule has 1 amide bonds. The van der Waals surface area contributed by atoms with Gasteiger partial charge in [-0.25, -0.2) is 4.98 Å². The Hall–Kier alpha value is -2.31. The van der Waals surface area contributed by atoms with Crippen molar-refractivity contribution >= 4 is 29.3 Å². The van der Waals surface area contributed by atoms with Gasteiger partial charge in [0.05, 0.1) is 5.75 Å². The van der Waals surface area contributed by atoms with E-state index in [0.29, 0.717) is 34.3 Å². The Kier molecular flexibility index (Phi) is 5.45. The third-order valence-electron chi connectivity index (χ3n) is 4.41. The maximum Gasteiger partial charge on any atom is 0.233 e. The minimum Gasteiger partial charge on any atom is -0.335 e. The lowest BCUT2D eigenvalue weighted by atomic mass is 10.2. The quantitative estimate of drug-likeness (QED) is 0.599. The first-order valence-electron chi connectivity index (χ1n) is 8.83. The number of nitrogens with one attached hydrogen (secondary N) is 1. The topological polar surface area (TPSA) is 61.9 Å². The molecule has 7 heteroatoms. The van der Waals surface area contributed by atoms with Gasteiger partial charge in [-0.2, -0.15) is 0 Å². The predicted molar refractivity (Wildman–Crippen MR) is 108 cm³/mol. The highest BCUT2D eigenvalue weighted by Gasteiger charge is 2.32. The maximum atomic E-state index is 12.7. The molecular weight excluding hydrogens is 380 g/mol. The number of hydrogen-bond donors (Lipinski definition) is 1. The van der Waals surface area contributed by atoms with Crippen LogP contribution in [-0.4, -0.2) is 37.8 Å². The highest BCUT2D eigenvalue weighted by Crippen LogP contribution is 2.29. The standard InChI is InChI=1S/C20H19ClN4OS/c21-16-8-6-15(7-9-16)19-22-20(24-23-19)27-13-18(26)25(17-10-11-17)12-14-4-2-1-3-5-14/h1-9,17H,10-13H2,(H,22,23,24). The van der Waals surface area contributed by atoms with E-state index in [-0.39, 0.29) is 5.91 Å². The zero-order valence-electron chi connectivity index (χ0n) is 14.6. The first kappa shape index (κ1) is 18.1. The van der Waals surface area contributed by atoms with E-state index in [2.05, 4.69) is 27.3 Å². The number of aromatic amines is 1.